The van der Waals surface area contributed by atoms with Crippen LogP contribution in [0.3, 0.4) is 0 Å². The van der Waals surface area contributed by atoms with Crippen molar-refractivity contribution in [1.29, 1.82) is 0 Å². The van der Waals surface area contributed by atoms with Crippen molar-refractivity contribution in [3.05, 3.63) is 58.1 Å². The van der Waals surface area contributed by atoms with E-state index >= 15 is 0 Å². The number of aliphatic hydroxyl groups is 1. The van der Waals surface area contributed by atoms with Crippen LogP contribution in [0.4, 0.5) is 0 Å². The lowest BCUT2D eigenvalue weighted by atomic mass is 10.1. The number of aliphatic hydroxyl groups excluding tert-OH is 1. The SMILES string of the molecule is Cc1ccc(C(O)c2ccc(Br)cn2)cn1. The highest BCUT2D eigenvalue weighted by Gasteiger charge is 2.11. The third-order valence-electron chi connectivity index (χ3n) is 2.28. The number of aryl methyl sites for hydroxylation is 1. The fraction of sp³-hybridized carbons (Fsp3) is 0.167. The highest BCUT2D eigenvalue weighted by Crippen LogP contribution is 2.20. The minimum absolute atomic E-state index is 0.619. The largest absolute Gasteiger partial charge is 0.382 e. The molecule has 2 aromatic heterocycles. The summed E-state index contributed by atoms with van der Waals surface area (Å²) in [6, 6.07) is 7.37. The summed E-state index contributed by atoms with van der Waals surface area (Å²) in [6.07, 6.45) is 2.62. The Hall–Kier alpha value is -1.26. The molecule has 0 saturated heterocycles. The predicted molar refractivity (Wildman–Crippen MR) is 65.0 cm³/mol. The number of pyridine rings is 2. The van der Waals surface area contributed by atoms with Crippen LogP contribution in [0.5, 0.6) is 0 Å². The number of nitrogens with zero attached hydrogens (tertiary/aromatic N) is 2. The van der Waals surface area contributed by atoms with Gasteiger partial charge in [0.25, 0.3) is 0 Å². The van der Waals surface area contributed by atoms with Crippen LogP contribution in [-0.2, 0) is 0 Å². The predicted octanol–water partition coefficient (Wildman–Crippen LogP) is 2.63. The van der Waals surface area contributed by atoms with Gasteiger partial charge in [-0.2, -0.15) is 0 Å². The van der Waals surface area contributed by atoms with Gasteiger partial charge in [0.1, 0.15) is 6.10 Å². The van der Waals surface area contributed by atoms with E-state index in [0.717, 1.165) is 15.7 Å². The van der Waals surface area contributed by atoms with E-state index in [9.17, 15) is 5.11 Å². The molecular formula is C12H11BrN2O. The maximum absolute atomic E-state index is 10.1. The Kier molecular flexibility index (Phi) is 3.31. The molecule has 0 aliphatic rings. The summed E-state index contributed by atoms with van der Waals surface area (Å²) in [5.41, 5.74) is 2.30. The Labute approximate surface area is 102 Å². The average Bonchev–Trinajstić information content (AvgIpc) is 2.30. The Morgan fingerprint density at radius 2 is 1.94 bits per heavy atom. The normalized spacial score (nSPS) is 12.4. The van der Waals surface area contributed by atoms with Crippen LogP contribution in [0.15, 0.2) is 41.1 Å². The molecule has 0 aliphatic heterocycles. The molecule has 4 heteroatoms. The maximum Gasteiger partial charge on any atom is 0.122 e. The van der Waals surface area contributed by atoms with Crippen LogP contribution in [0.25, 0.3) is 0 Å². The van der Waals surface area contributed by atoms with Gasteiger partial charge in [0, 0.05) is 28.1 Å². The van der Waals surface area contributed by atoms with E-state index in [2.05, 4.69) is 25.9 Å². The van der Waals surface area contributed by atoms with Crippen LogP contribution < -0.4 is 0 Å². The second-order valence-corrected chi connectivity index (χ2v) is 4.45. The molecule has 2 heterocycles. The van der Waals surface area contributed by atoms with Crippen molar-refractivity contribution < 1.29 is 5.11 Å². The summed E-state index contributed by atoms with van der Waals surface area (Å²) in [4.78, 5) is 8.30. The fourth-order valence-electron chi connectivity index (χ4n) is 1.36. The zero-order chi connectivity index (χ0) is 11.5. The number of rotatable bonds is 2. The van der Waals surface area contributed by atoms with Gasteiger partial charge in [-0.1, -0.05) is 6.07 Å². The van der Waals surface area contributed by atoms with Gasteiger partial charge in [0.2, 0.25) is 0 Å². The molecule has 0 aromatic carbocycles. The molecule has 1 unspecified atom stereocenters. The van der Waals surface area contributed by atoms with Gasteiger partial charge in [0.15, 0.2) is 0 Å². The van der Waals surface area contributed by atoms with Crippen LogP contribution in [-0.4, -0.2) is 15.1 Å². The zero-order valence-corrected chi connectivity index (χ0v) is 10.3. The fourth-order valence-corrected chi connectivity index (χ4v) is 1.60. The van der Waals surface area contributed by atoms with Crippen molar-refractivity contribution in [1.82, 2.24) is 9.97 Å². The van der Waals surface area contributed by atoms with Gasteiger partial charge in [0.05, 0.1) is 5.69 Å². The van der Waals surface area contributed by atoms with Gasteiger partial charge in [-0.15, -0.1) is 0 Å². The number of aromatic nitrogens is 2. The third-order valence-corrected chi connectivity index (χ3v) is 2.75. The average molecular weight is 279 g/mol. The first-order valence-corrected chi connectivity index (χ1v) is 5.68. The summed E-state index contributed by atoms with van der Waals surface area (Å²) in [6.45, 7) is 1.91. The van der Waals surface area contributed by atoms with E-state index in [1.807, 2.05) is 25.1 Å². The molecule has 0 radical (unpaired) electrons. The quantitative estimate of drug-likeness (QED) is 0.919. The molecule has 1 atom stereocenters. The summed E-state index contributed by atoms with van der Waals surface area (Å²) >= 11 is 3.30. The van der Waals surface area contributed by atoms with Crippen LogP contribution in [0.1, 0.15) is 23.1 Å². The van der Waals surface area contributed by atoms with Crippen LogP contribution in [0.2, 0.25) is 0 Å². The second-order valence-electron chi connectivity index (χ2n) is 3.54. The van der Waals surface area contributed by atoms with E-state index in [4.69, 9.17) is 0 Å². The lowest BCUT2D eigenvalue weighted by Crippen LogP contribution is -2.02. The second kappa shape index (κ2) is 4.72. The Balaban J connectivity index is 2.28. The number of hydrogen-bond acceptors (Lipinski definition) is 3. The molecule has 0 amide bonds. The molecule has 2 rings (SSSR count). The molecule has 16 heavy (non-hydrogen) atoms. The van der Waals surface area contributed by atoms with E-state index in [-0.39, 0.29) is 0 Å². The maximum atomic E-state index is 10.1. The van der Waals surface area contributed by atoms with Crippen molar-refractivity contribution in [3.63, 3.8) is 0 Å². The smallest absolute Gasteiger partial charge is 0.122 e. The first kappa shape index (κ1) is 11.2. The molecule has 0 bridgehead atoms. The van der Waals surface area contributed by atoms with Gasteiger partial charge in [-0.25, -0.2) is 0 Å². The molecule has 0 saturated carbocycles. The monoisotopic (exact) mass is 278 g/mol. The summed E-state index contributed by atoms with van der Waals surface area (Å²) in [5.74, 6) is 0. The standard InChI is InChI=1S/C12H11BrN2O/c1-8-2-3-9(6-14-8)12(16)11-5-4-10(13)7-15-11/h2-7,12,16H,1H3. The van der Waals surface area contributed by atoms with E-state index in [1.165, 1.54) is 0 Å². The van der Waals surface area contributed by atoms with Gasteiger partial charge < -0.3 is 5.11 Å². The van der Waals surface area contributed by atoms with Gasteiger partial charge >= 0.3 is 0 Å². The minimum Gasteiger partial charge on any atom is -0.382 e. The van der Waals surface area contributed by atoms with Crippen molar-refractivity contribution in [2.24, 2.45) is 0 Å². The van der Waals surface area contributed by atoms with Crippen molar-refractivity contribution in [2.75, 3.05) is 0 Å². The zero-order valence-electron chi connectivity index (χ0n) is 8.76. The molecule has 82 valence electrons. The topological polar surface area (TPSA) is 46.0 Å². The van der Waals surface area contributed by atoms with Crippen molar-refractivity contribution in [2.45, 2.75) is 13.0 Å². The lowest BCUT2D eigenvalue weighted by Gasteiger charge is -2.10. The van der Waals surface area contributed by atoms with E-state index < -0.39 is 6.10 Å². The molecule has 2 aromatic rings. The first-order valence-electron chi connectivity index (χ1n) is 4.89. The number of hydrogen-bond donors (Lipinski definition) is 1. The van der Waals surface area contributed by atoms with Crippen LogP contribution >= 0.6 is 15.9 Å². The van der Waals surface area contributed by atoms with Crippen molar-refractivity contribution >= 4 is 15.9 Å². The van der Waals surface area contributed by atoms with E-state index in [0.29, 0.717) is 5.69 Å². The minimum atomic E-state index is -0.721. The molecule has 3 nitrogen and oxygen atoms in total. The summed E-state index contributed by atoms with van der Waals surface area (Å²) < 4.78 is 0.894. The Bertz CT molecular complexity index is 422. The van der Waals surface area contributed by atoms with E-state index in [1.54, 1.807) is 18.5 Å². The Morgan fingerprint density at radius 3 is 2.50 bits per heavy atom. The molecule has 0 aliphatic carbocycles. The summed E-state index contributed by atoms with van der Waals surface area (Å²) in [5, 5.41) is 10.1. The lowest BCUT2D eigenvalue weighted by molar-refractivity contribution is 0.215. The molecular weight excluding hydrogens is 268 g/mol. The van der Waals surface area contributed by atoms with Gasteiger partial charge in [-0.05, 0) is 41.1 Å². The van der Waals surface area contributed by atoms with Crippen molar-refractivity contribution in [3.8, 4) is 0 Å². The third kappa shape index (κ3) is 2.46. The highest BCUT2D eigenvalue weighted by molar-refractivity contribution is 9.10. The highest BCUT2D eigenvalue weighted by atomic mass is 79.9. The first-order chi connectivity index (χ1) is 7.66. The molecule has 0 fully saturated rings. The van der Waals surface area contributed by atoms with Gasteiger partial charge in [-0.3, -0.25) is 9.97 Å². The Morgan fingerprint density at radius 1 is 1.12 bits per heavy atom. The van der Waals surface area contributed by atoms with Crippen LogP contribution in [0, 0.1) is 6.92 Å². The summed E-state index contributed by atoms with van der Waals surface area (Å²) in [7, 11) is 0. The molecule has 0 spiro atoms. The number of halogens is 1. The molecule has 1 N–H and O–H groups in total.